The Morgan fingerprint density at radius 1 is 0.895 bits per heavy atom. The van der Waals surface area contributed by atoms with E-state index in [2.05, 4.69) is 29.5 Å². The van der Waals surface area contributed by atoms with Gasteiger partial charge in [-0.3, -0.25) is 0 Å². The van der Waals surface area contributed by atoms with Crippen molar-refractivity contribution in [1.82, 2.24) is 0 Å². The lowest BCUT2D eigenvalue weighted by molar-refractivity contribution is 0.222. The molecule has 4 rings (SSSR count). The van der Waals surface area contributed by atoms with Gasteiger partial charge in [-0.2, -0.15) is 0 Å². The minimum atomic E-state index is 0.261. The van der Waals surface area contributed by atoms with Crippen molar-refractivity contribution in [2.45, 2.75) is 81.0 Å². The molecule has 0 aromatic heterocycles. The van der Waals surface area contributed by atoms with Crippen LogP contribution in [0.25, 0.3) is 0 Å². The smallest absolute Gasteiger partial charge is 0.0999 e. The summed E-state index contributed by atoms with van der Waals surface area (Å²) in [6.07, 6.45) is 8.99. The van der Waals surface area contributed by atoms with Gasteiger partial charge in [-0.15, -0.1) is 0 Å². The zero-order valence-corrected chi connectivity index (χ0v) is 12.9. The molecule has 0 aromatic rings. The van der Waals surface area contributed by atoms with Gasteiger partial charge < -0.3 is 9.47 Å². The highest BCUT2D eigenvalue weighted by Gasteiger charge is 2.60. The Morgan fingerprint density at radius 3 is 1.68 bits per heavy atom. The third kappa shape index (κ3) is 1.86. The third-order valence-corrected chi connectivity index (χ3v) is 7.15. The van der Waals surface area contributed by atoms with E-state index in [9.17, 15) is 0 Å². The second kappa shape index (κ2) is 3.62. The summed E-state index contributed by atoms with van der Waals surface area (Å²) < 4.78 is 11.8. The van der Waals surface area contributed by atoms with Crippen molar-refractivity contribution in [3.8, 4) is 0 Å². The molecular weight excluding hydrogens is 234 g/mol. The molecule has 2 nitrogen and oxygen atoms in total. The average Bonchev–Trinajstić information content (AvgIpc) is 3.19. The second-order valence-electron chi connectivity index (χ2n) is 8.60. The summed E-state index contributed by atoms with van der Waals surface area (Å²) in [6.45, 7) is 4.59. The molecule has 2 aliphatic carbocycles. The molecule has 6 unspecified atom stereocenters. The Balaban J connectivity index is 1.44. The van der Waals surface area contributed by atoms with E-state index in [1.165, 1.54) is 38.5 Å². The molecular formula is C15H26B2O2. The van der Waals surface area contributed by atoms with Crippen molar-refractivity contribution < 1.29 is 9.47 Å². The first-order valence-electron chi connectivity index (χ1n) is 8.19. The molecule has 2 aliphatic heterocycles. The molecule has 104 valence electrons. The molecule has 0 bridgehead atoms. The van der Waals surface area contributed by atoms with E-state index < -0.39 is 0 Å². The second-order valence-corrected chi connectivity index (χ2v) is 8.60. The van der Waals surface area contributed by atoms with Crippen LogP contribution < -0.4 is 0 Å². The van der Waals surface area contributed by atoms with Crippen molar-refractivity contribution in [3.63, 3.8) is 0 Å². The SMILES string of the molecule is BC(B)(C1CCC2(C)OC2C1)C1CCC2(C)OC2C1. The first-order valence-corrected chi connectivity index (χ1v) is 8.19. The van der Waals surface area contributed by atoms with Crippen molar-refractivity contribution in [1.29, 1.82) is 0 Å². The van der Waals surface area contributed by atoms with Crippen LogP contribution in [0.15, 0.2) is 0 Å². The largest absolute Gasteiger partial charge is 0.366 e. The van der Waals surface area contributed by atoms with Crippen LogP contribution in [0.2, 0.25) is 5.21 Å². The van der Waals surface area contributed by atoms with Gasteiger partial charge in [0, 0.05) is 0 Å². The molecule has 2 saturated carbocycles. The molecule has 0 aromatic carbocycles. The van der Waals surface area contributed by atoms with Crippen molar-refractivity contribution in [3.05, 3.63) is 0 Å². The molecule has 4 heteroatoms. The van der Waals surface area contributed by atoms with Crippen LogP contribution in [0.1, 0.15) is 52.4 Å². The van der Waals surface area contributed by atoms with Crippen molar-refractivity contribution in [2.24, 2.45) is 11.8 Å². The molecule has 6 atom stereocenters. The number of fused-ring (bicyclic) bond motifs is 2. The van der Waals surface area contributed by atoms with Crippen LogP contribution in [0.5, 0.6) is 0 Å². The Hall–Kier alpha value is 0.0499. The number of epoxide rings is 2. The van der Waals surface area contributed by atoms with Gasteiger partial charge in [0.15, 0.2) is 0 Å². The van der Waals surface area contributed by atoms with E-state index in [0.717, 1.165) is 11.8 Å². The minimum Gasteiger partial charge on any atom is -0.366 e. The average molecular weight is 260 g/mol. The number of hydrogen-bond acceptors (Lipinski definition) is 2. The molecule has 4 aliphatic rings. The normalized spacial score (nSPS) is 56.1. The quantitative estimate of drug-likeness (QED) is 0.552. The Kier molecular flexibility index (Phi) is 2.43. The van der Waals surface area contributed by atoms with E-state index in [-0.39, 0.29) is 11.2 Å². The highest BCUT2D eigenvalue weighted by Crippen LogP contribution is 2.60. The molecule has 0 radical (unpaired) electrons. The molecule has 2 saturated heterocycles. The van der Waals surface area contributed by atoms with Gasteiger partial charge in [0.2, 0.25) is 0 Å². The van der Waals surface area contributed by atoms with Gasteiger partial charge in [0.25, 0.3) is 0 Å². The van der Waals surface area contributed by atoms with E-state index in [4.69, 9.17) is 9.47 Å². The third-order valence-electron chi connectivity index (χ3n) is 7.15. The molecule has 0 amide bonds. The Morgan fingerprint density at radius 2 is 1.32 bits per heavy atom. The van der Waals surface area contributed by atoms with Crippen LogP contribution in [-0.4, -0.2) is 39.1 Å². The summed E-state index contributed by atoms with van der Waals surface area (Å²) in [4.78, 5) is 0. The van der Waals surface area contributed by atoms with Crippen LogP contribution >= 0.6 is 0 Å². The van der Waals surface area contributed by atoms with E-state index >= 15 is 0 Å². The zero-order valence-electron chi connectivity index (χ0n) is 12.9. The number of hydrogen-bond donors (Lipinski definition) is 0. The molecule has 2 heterocycles. The molecule has 0 N–H and O–H groups in total. The predicted octanol–water partition coefficient (Wildman–Crippen LogP) is 1.28. The first-order chi connectivity index (χ1) is 8.83. The van der Waals surface area contributed by atoms with Crippen LogP contribution in [0, 0.1) is 11.8 Å². The minimum absolute atomic E-state index is 0.261. The highest BCUT2D eigenvalue weighted by molar-refractivity contribution is 6.40. The van der Waals surface area contributed by atoms with Gasteiger partial charge in [-0.25, -0.2) is 0 Å². The molecule has 19 heavy (non-hydrogen) atoms. The van der Waals surface area contributed by atoms with E-state index in [0.29, 0.717) is 17.4 Å². The lowest BCUT2D eigenvalue weighted by atomic mass is 9.39. The standard InChI is InChI=1S/C15H26B2O2/c1-13-5-3-9(7-11(13)18-13)15(16,17)10-4-6-14(2)12(8-10)19-14/h9-12H,3-8,16-17H2,1-2H3. The summed E-state index contributed by atoms with van der Waals surface area (Å²) in [5.41, 5.74) is 0.522. The van der Waals surface area contributed by atoms with Gasteiger partial charge in [-0.1, -0.05) is 5.21 Å². The number of ether oxygens (including phenoxy) is 2. The van der Waals surface area contributed by atoms with Crippen molar-refractivity contribution >= 4 is 15.7 Å². The summed E-state index contributed by atoms with van der Waals surface area (Å²) >= 11 is 0. The van der Waals surface area contributed by atoms with Crippen molar-refractivity contribution in [2.75, 3.05) is 0 Å². The molecule has 0 spiro atoms. The zero-order chi connectivity index (χ0) is 13.5. The number of rotatable bonds is 2. The topological polar surface area (TPSA) is 25.1 Å². The molecule has 4 fully saturated rings. The monoisotopic (exact) mass is 260 g/mol. The summed E-state index contributed by atoms with van der Waals surface area (Å²) in [5.74, 6) is 1.70. The fraction of sp³-hybridized carbons (Fsp3) is 1.00. The van der Waals surface area contributed by atoms with Crippen LogP contribution in [0.4, 0.5) is 0 Å². The highest BCUT2D eigenvalue weighted by atomic mass is 16.6. The Bertz CT molecular complexity index is 377. The summed E-state index contributed by atoms with van der Waals surface area (Å²) in [7, 11) is 5.02. The maximum absolute atomic E-state index is 5.90. The van der Waals surface area contributed by atoms with E-state index in [1.807, 2.05) is 0 Å². The van der Waals surface area contributed by atoms with Crippen LogP contribution in [-0.2, 0) is 9.47 Å². The summed E-state index contributed by atoms with van der Waals surface area (Å²) in [5, 5.41) is 0.459. The van der Waals surface area contributed by atoms with Gasteiger partial charge in [-0.05, 0) is 64.2 Å². The van der Waals surface area contributed by atoms with E-state index in [1.54, 1.807) is 0 Å². The fourth-order valence-corrected chi connectivity index (χ4v) is 4.98. The lowest BCUT2D eigenvalue weighted by Crippen LogP contribution is -2.39. The fourth-order valence-electron chi connectivity index (χ4n) is 4.98. The van der Waals surface area contributed by atoms with Gasteiger partial charge in [0.1, 0.15) is 0 Å². The predicted molar refractivity (Wildman–Crippen MR) is 81.0 cm³/mol. The Labute approximate surface area is 118 Å². The van der Waals surface area contributed by atoms with Gasteiger partial charge in [0.05, 0.1) is 39.1 Å². The van der Waals surface area contributed by atoms with Crippen LogP contribution in [0.3, 0.4) is 0 Å². The first kappa shape index (κ1) is 12.8. The lowest BCUT2D eigenvalue weighted by Gasteiger charge is -2.45. The summed E-state index contributed by atoms with van der Waals surface area (Å²) in [6, 6.07) is 0. The maximum Gasteiger partial charge on any atom is 0.0999 e. The van der Waals surface area contributed by atoms with Gasteiger partial charge >= 0.3 is 0 Å². The maximum atomic E-state index is 5.90.